The number of amides is 1. The van der Waals surface area contributed by atoms with Gasteiger partial charge in [-0.15, -0.1) is 0 Å². The summed E-state index contributed by atoms with van der Waals surface area (Å²) in [6, 6.07) is 28.8. The molecule has 0 unspecified atom stereocenters. The molecule has 1 N–H and O–H groups in total. The van der Waals surface area contributed by atoms with Gasteiger partial charge in [0.15, 0.2) is 6.10 Å². The van der Waals surface area contributed by atoms with E-state index in [0.717, 1.165) is 16.5 Å². The summed E-state index contributed by atoms with van der Waals surface area (Å²) in [6.45, 7) is 4.70. The van der Waals surface area contributed by atoms with E-state index in [-0.39, 0.29) is 5.75 Å². The number of hydrogen-bond donors (Lipinski definition) is 1. The topological polar surface area (TPSA) is 95.5 Å². The zero-order valence-corrected chi connectivity index (χ0v) is 24.9. The minimum absolute atomic E-state index is 0.284. The monoisotopic (exact) mass is 630 g/mol. The van der Waals surface area contributed by atoms with Gasteiger partial charge >= 0.3 is 5.97 Å². The molecule has 8 nitrogen and oxygen atoms in total. The van der Waals surface area contributed by atoms with Gasteiger partial charge in [0.05, 0.1) is 18.4 Å². The second-order valence-corrected chi connectivity index (χ2v) is 10.1. The largest absolute Gasteiger partial charge is 0.494 e. The fourth-order valence-electron chi connectivity index (χ4n) is 3.65. The van der Waals surface area contributed by atoms with Crippen LogP contribution in [0.15, 0.2) is 107 Å². The maximum Gasteiger partial charge on any atom is 0.343 e. The van der Waals surface area contributed by atoms with Gasteiger partial charge in [0.1, 0.15) is 29.6 Å². The van der Waals surface area contributed by atoms with Crippen molar-refractivity contribution in [3.05, 3.63) is 118 Å². The Balaban J connectivity index is 1.30. The number of carbonyl (C=O) groups is 2. The van der Waals surface area contributed by atoms with Crippen LogP contribution >= 0.6 is 15.9 Å². The Bertz CT molecular complexity index is 1490. The van der Waals surface area contributed by atoms with Crippen molar-refractivity contribution < 1.29 is 28.5 Å². The van der Waals surface area contributed by atoms with Crippen molar-refractivity contribution in [3.8, 4) is 23.0 Å². The minimum atomic E-state index is -0.817. The molecule has 0 bridgehead atoms. The number of hydrogen-bond acceptors (Lipinski definition) is 7. The SMILES string of the molecule is CCCOc1ccc(C(=O)Oc2ccc(Br)cc2/C=N\NC(=O)[C@@H](C)Oc2ccc(OCc3ccccc3)cc2)cc1. The summed E-state index contributed by atoms with van der Waals surface area (Å²) in [6.07, 6.45) is 1.48. The van der Waals surface area contributed by atoms with Crippen molar-refractivity contribution in [1.82, 2.24) is 5.43 Å². The van der Waals surface area contributed by atoms with Crippen LogP contribution < -0.4 is 24.4 Å². The number of nitrogens with one attached hydrogen (secondary N) is 1. The highest BCUT2D eigenvalue weighted by atomic mass is 79.9. The molecule has 4 rings (SSSR count). The van der Waals surface area contributed by atoms with Crippen molar-refractivity contribution in [3.63, 3.8) is 0 Å². The van der Waals surface area contributed by atoms with Crippen LogP contribution in [0.25, 0.3) is 0 Å². The molecule has 0 aromatic heterocycles. The zero-order chi connectivity index (χ0) is 29.7. The molecule has 4 aromatic rings. The standard InChI is InChI=1S/C33H31BrN2O6/c1-3-19-39-28-12-9-25(10-13-28)33(38)42-31-18-11-27(34)20-26(31)21-35-36-32(37)23(2)41-30-16-14-29(15-17-30)40-22-24-7-5-4-6-8-24/h4-18,20-21,23H,3,19,22H2,1-2H3,(H,36,37)/b35-21-/t23-/m1/s1. The van der Waals surface area contributed by atoms with Crippen LogP contribution in [-0.2, 0) is 11.4 Å². The van der Waals surface area contributed by atoms with Gasteiger partial charge in [-0.05, 0) is 85.6 Å². The summed E-state index contributed by atoms with van der Waals surface area (Å²) in [4.78, 5) is 25.3. The molecule has 216 valence electrons. The van der Waals surface area contributed by atoms with Crippen LogP contribution in [0.1, 0.15) is 41.8 Å². The molecule has 9 heteroatoms. The first-order valence-corrected chi connectivity index (χ1v) is 14.2. The van der Waals surface area contributed by atoms with E-state index >= 15 is 0 Å². The fraction of sp³-hybridized carbons (Fsp3) is 0.182. The lowest BCUT2D eigenvalue weighted by atomic mass is 10.2. The Morgan fingerprint density at radius 2 is 1.55 bits per heavy atom. The first-order chi connectivity index (χ1) is 20.4. The Kier molecular flexibility index (Phi) is 11.1. The lowest BCUT2D eigenvalue weighted by Crippen LogP contribution is -2.33. The average Bonchev–Trinajstić information content (AvgIpc) is 3.01. The molecule has 0 saturated heterocycles. The van der Waals surface area contributed by atoms with Gasteiger partial charge in [-0.2, -0.15) is 5.10 Å². The third-order valence-corrected chi connectivity index (χ3v) is 6.36. The number of ether oxygens (including phenoxy) is 4. The van der Waals surface area contributed by atoms with Crippen molar-refractivity contribution in [2.24, 2.45) is 5.10 Å². The summed E-state index contributed by atoms with van der Waals surface area (Å²) < 4.78 is 23.4. The number of esters is 1. The molecule has 0 spiro atoms. The molecular formula is C33H31BrN2O6. The quantitative estimate of drug-likeness (QED) is 0.0743. The number of nitrogens with zero attached hydrogens (tertiary/aromatic N) is 1. The first kappa shape index (κ1) is 30.3. The maximum absolute atomic E-state index is 12.7. The van der Waals surface area contributed by atoms with E-state index in [9.17, 15) is 9.59 Å². The lowest BCUT2D eigenvalue weighted by Gasteiger charge is -2.14. The summed E-state index contributed by atoms with van der Waals surface area (Å²) in [7, 11) is 0. The zero-order valence-electron chi connectivity index (χ0n) is 23.3. The van der Waals surface area contributed by atoms with Crippen molar-refractivity contribution in [2.75, 3.05) is 6.61 Å². The predicted octanol–water partition coefficient (Wildman–Crippen LogP) is 6.95. The molecule has 0 radical (unpaired) electrons. The molecule has 0 fully saturated rings. The van der Waals surface area contributed by atoms with E-state index < -0.39 is 18.0 Å². The van der Waals surface area contributed by atoms with Crippen LogP contribution in [0, 0.1) is 0 Å². The van der Waals surface area contributed by atoms with E-state index in [2.05, 4.69) is 26.5 Å². The van der Waals surface area contributed by atoms with Crippen LogP contribution in [0.4, 0.5) is 0 Å². The highest BCUT2D eigenvalue weighted by Gasteiger charge is 2.15. The minimum Gasteiger partial charge on any atom is -0.494 e. The molecule has 0 heterocycles. The number of rotatable bonds is 13. The van der Waals surface area contributed by atoms with Crippen LogP contribution in [0.3, 0.4) is 0 Å². The molecule has 0 aliphatic rings. The van der Waals surface area contributed by atoms with Gasteiger partial charge in [0.2, 0.25) is 0 Å². The van der Waals surface area contributed by atoms with Gasteiger partial charge in [0.25, 0.3) is 5.91 Å². The van der Waals surface area contributed by atoms with Crippen molar-refractivity contribution >= 4 is 34.0 Å². The Hall–Kier alpha value is -4.63. The second kappa shape index (κ2) is 15.4. The molecule has 0 saturated carbocycles. The van der Waals surface area contributed by atoms with Gasteiger partial charge in [-0.25, -0.2) is 10.2 Å². The smallest absolute Gasteiger partial charge is 0.343 e. The Morgan fingerprint density at radius 1 is 0.881 bits per heavy atom. The van der Waals surface area contributed by atoms with Crippen molar-refractivity contribution in [2.45, 2.75) is 33.0 Å². The van der Waals surface area contributed by atoms with E-state index in [4.69, 9.17) is 18.9 Å². The second-order valence-electron chi connectivity index (χ2n) is 9.18. The van der Waals surface area contributed by atoms with Crippen LogP contribution in [0.5, 0.6) is 23.0 Å². The summed E-state index contributed by atoms with van der Waals surface area (Å²) in [5.74, 6) is 1.19. The Labute approximate surface area is 253 Å². The van der Waals surface area contributed by atoms with E-state index in [0.29, 0.717) is 41.6 Å². The number of halogens is 1. The average molecular weight is 632 g/mol. The van der Waals surface area contributed by atoms with Crippen LogP contribution in [0.2, 0.25) is 0 Å². The third kappa shape index (κ3) is 9.21. The molecule has 0 aliphatic heterocycles. The highest BCUT2D eigenvalue weighted by Crippen LogP contribution is 2.24. The van der Waals surface area contributed by atoms with Crippen molar-refractivity contribution in [1.29, 1.82) is 0 Å². The fourth-order valence-corrected chi connectivity index (χ4v) is 4.03. The lowest BCUT2D eigenvalue weighted by molar-refractivity contribution is -0.127. The Morgan fingerprint density at radius 3 is 2.26 bits per heavy atom. The van der Waals surface area contributed by atoms with E-state index in [1.807, 2.05) is 37.3 Å². The number of benzene rings is 4. The number of carbonyl (C=O) groups excluding carboxylic acids is 2. The van der Waals surface area contributed by atoms with Gasteiger partial charge < -0.3 is 18.9 Å². The highest BCUT2D eigenvalue weighted by molar-refractivity contribution is 9.10. The van der Waals surface area contributed by atoms with Gasteiger partial charge in [-0.3, -0.25) is 4.79 Å². The number of hydrazone groups is 1. The first-order valence-electron chi connectivity index (χ1n) is 13.4. The van der Waals surface area contributed by atoms with Gasteiger partial charge in [0, 0.05) is 10.0 Å². The normalized spacial score (nSPS) is 11.5. The van der Waals surface area contributed by atoms with Crippen LogP contribution in [-0.4, -0.2) is 30.8 Å². The molecular weight excluding hydrogens is 600 g/mol. The molecule has 42 heavy (non-hydrogen) atoms. The molecule has 1 amide bonds. The molecule has 1 atom stereocenters. The molecule has 4 aromatic carbocycles. The summed E-state index contributed by atoms with van der Waals surface area (Å²) >= 11 is 3.41. The maximum atomic E-state index is 12.7. The summed E-state index contributed by atoms with van der Waals surface area (Å²) in [5, 5.41) is 4.04. The predicted molar refractivity (Wildman–Crippen MR) is 164 cm³/mol. The third-order valence-electron chi connectivity index (χ3n) is 5.87. The van der Waals surface area contributed by atoms with E-state index in [1.54, 1.807) is 73.7 Å². The van der Waals surface area contributed by atoms with Gasteiger partial charge in [-0.1, -0.05) is 53.2 Å². The van der Waals surface area contributed by atoms with E-state index in [1.165, 1.54) is 6.21 Å². The summed E-state index contributed by atoms with van der Waals surface area (Å²) in [5.41, 5.74) is 4.40. The molecule has 0 aliphatic carbocycles.